The summed E-state index contributed by atoms with van der Waals surface area (Å²) < 4.78 is 5.04. The predicted molar refractivity (Wildman–Crippen MR) is 122 cm³/mol. The minimum absolute atomic E-state index is 0.0676. The van der Waals surface area contributed by atoms with Crippen LogP contribution in [0, 0.1) is 5.92 Å². The second-order valence-electron chi connectivity index (χ2n) is 8.31. The maximum absolute atomic E-state index is 11.8. The van der Waals surface area contributed by atoms with E-state index in [4.69, 9.17) is 4.74 Å². The van der Waals surface area contributed by atoms with Gasteiger partial charge in [-0.25, -0.2) is 4.79 Å². The molecule has 1 unspecified atom stereocenters. The highest BCUT2D eigenvalue weighted by Crippen LogP contribution is 2.32. The molecular formula is C23H37N5O2. The van der Waals surface area contributed by atoms with Crippen LogP contribution in [0.2, 0.25) is 0 Å². The highest BCUT2D eigenvalue weighted by molar-refractivity contribution is 5.79. The zero-order valence-electron chi connectivity index (χ0n) is 18.7. The van der Waals surface area contributed by atoms with E-state index in [0.717, 1.165) is 38.4 Å². The fourth-order valence-electron chi connectivity index (χ4n) is 4.06. The average molecular weight is 416 g/mol. The van der Waals surface area contributed by atoms with Crippen molar-refractivity contribution in [1.82, 2.24) is 15.5 Å². The number of ether oxygens (including phenoxy) is 1. The fraction of sp³-hybridized carbons (Fsp3) is 0.652. The summed E-state index contributed by atoms with van der Waals surface area (Å²) in [7, 11) is 3.84. The van der Waals surface area contributed by atoms with Crippen LogP contribution in [0.3, 0.4) is 0 Å². The van der Waals surface area contributed by atoms with Gasteiger partial charge in [-0.05, 0) is 62.6 Å². The van der Waals surface area contributed by atoms with Crippen molar-refractivity contribution < 1.29 is 9.53 Å². The number of benzene rings is 1. The molecule has 3 rings (SSSR count). The Bertz CT molecular complexity index is 696. The van der Waals surface area contributed by atoms with Gasteiger partial charge in [0, 0.05) is 46.0 Å². The number of anilines is 1. The monoisotopic (exact) mass is 415 g/mol. The molecule has 7 nitrogen and oxygen atoms in total. The average Bonchev–Trinajstić information content (AvgIpc) is 3.60. The van der Waals surface area contributed by atoms with Crippen LogP contribution in [0.5, 0.6) is 0 Å². The van der Waals surface area contributed by atoms with Crippen molar-refractivity contribution in [3.63, 3.8) is 0 Å². The number of carbonyl (C=O) groups is 1. The summed E-state index contributed by atoms with van der Waals surface area (Å²) >= 11 is 0. The SMILES string of the molecule is CCOC(=O)NC(CNC(=NC)N(C)Cc1ccc(N2CCCCC2)cc1)C1CC1. The lowest BCUT2D eigenvalue weighted by Crippen LogP contribution is -2.48. The first-order valence-electron chi connectivity index (χ1n) is 11.3. The Kier molecular flexibility index (Phi) is 8.22. The van der Waals surface area contributed by atoms with Crippen LogP contribution in [0.1, 0.15) is 44.6 Å². The molecule has 1 saturated heterocycles. The molecule has 1 aliphatic heterocycles. The number of guanidine groups is 1. The largest absolute Gasteiger partial charge is 0.450 e. The molecular weight excluding hydrogens is 378 g/mol. The third-order valence-corrected chi connectivity index (χ3v) is 5.90. The number of alkyl carbamates (subject to hydrolysis) is 1. The summed E-state index contributed by atoms with van der Waals surface area (Å²) in [5.74, 6) is 1.35. The van der Waals surface area contributed by atoms with E-state index in [-0.39, 0.29) is 12.1 Å². The third kappa shape index (κ3) is 6.54. The third-order valence-electron chi connectivity index (χ3n) is 5.90. The molecule has 1 aromatic rings. The first-order valence-corrected chi connectivity index (χ1v) is 11.3. The van der Waals surface area contributed by atoms with E-state index in [2.05, 4.69) is 49.7 Å². The standard InChI is InChI=1S/C23H37N5O2/c1-4-30-23(29)26-21(19-10-11-19)16-25-22(24-2)27(3)17-18-8-12-20(13-9-18)28-14-6-5-7-15-28/h8-9,12-13,19,21H,4-7,10-11,14-17H2,1-3H3,(H,24,25)(H,26,29). The van der Waals surface area contributed by atoms with E-state index in [0.29, 0.717) is 19.1 Å². The second-order valence-corrected chi connectivity index (χ2v) is 8.31. The molecule has 7 heteroatoms. The highest BCUT2D eigenvalue weighted by Gasteiger charge is 2.32. The zero-order valence-corrected chi connectivity index (χ0v) is 18.7. The Morgan fingerprint density at radius 2 is 1.93 bits per heavy atom. The van der Waals surface area contributed by atoms with Gasteiger partial charge in [0.2, 0.25) is 0 Å². The van der Waals surface area contributed by atoms with Gasteiger partial charge in [-0.2, -0.15) is 0 Å². The lowest BCUT2D eigenvalue weighted by Gasteiger charge is -2.29. The summed E-state index contributed by atoms with van der Waals surface area (Å²) in [6.45, 7) is 5.96. The van der Waals surface area contributed by atoms with Crippen LogP contribution in [0.25, 0.3) is 0 Å². The van der Waals surface area contributed by atoms with Crippen molar-refractivity contribution in [3.8, 4) is 0 Å². The summed E-state index contributed by atoms with van der Waals surface area (Å²) in [6, 6.07) is 8.96. The predicted octanol–water partition coefficient (Wildman–Crippen LogP) is 3.21. The number of piperidine rings is 1. The van der Waals surface area contributed by atoms with Gasteiger partial charge in [0.05, 0.1) is 12.6 Å². The Labute approximate surface area is 180 Å². The molecule has 0 spiro atoms. The normalized spacial score (nSPS) is 18.0. The van der Waals surface area contributed by atoms with Gasteiger partial charge in [-0.3, -0.25) is 4.99 Å². The lowest BCUT2D eigenvalue weighted by molar-refractivity contribution is 0.146. The first kappa shape index (κ1) is 22.2. The summed E-state index contributed by atoms with van der Waals surface area (Å²) in [5, 5.41) is 6.40. The molecule has 2 fully saturated rings. The Morgan fingerprint density at radius 3 is 2.53 bits per heavy atom. The summed E-state index contributed by atoms with van der Waals surface area (Å²) in [5.41, 5.74) is 2.57. The zero-order chi connectivity index (χ0) is 21.3. The van der Waals surface area contributed by atoms with Gasteiger partial charge in [-0.1, -0.05) is 12.1 Å². The van der Waals surface area contributed by atoms with E-state index in [1.54, 1.807) is 7.05 Å². The van der Waals surface area contributed by atoms with Crippen molar-refractivity contribution >= 4 is 17.7 Å². The van der Waals surface area contributed by atoms with Crippen LogP contribution in [-0.4, -0.2) is 63.3 Å². The number of hydrogen-bond donors (Lipinski definition) is 2. The topological polar surface area (TPSA) is 69.2 Å². The smallest absolute Gasteiger partial charge is 0.407 e. The quantitative estimate of drug-likeness (QED) is 0.504. The molecule has 0 aromatic heterocycles. The van der Waals surface area contributed by atoms with E-state index in [1.807, 2.05) is 14.0 Å². The molecule has 1 heterocycles. The number of aliphatic imine (C=N–C) groups is 1. The molecule has 0 radical (unpaired) electrons. The van der Waals surface area contributed by atoms with Crippen molar-refractivity contribution in [2.45, 2.75) is 51.6 Å². The Balaban J connectivity index is 1.50. The summed E-state index contributed by atoms with van der Waals surface area (Å²) in [4.78, 5) is 20.8. The van der Waals surface area contributed by atoms with Crippen molar-refractivity contribution in [3.05, 3.63) is 29.8 Å². The molecule has 166 valence electrons. The minimum atomic E-state index is -0.340. The van der Waals surface area contributed by atoms with Gasteiger partial charge >= 0.3 is 6.09 Å². The van der Waals surface area contributed by atoms with Crippen LogP contribution in [0.15, 0.2) is 29.3 Å². The van der Waals surface area contributed by atoms with Crippen LogP contribution < -0.4 is 15.5 Å². The Hall–Kier alpha value is -2.44. The number of rotatable bonds is 8. The maximum atomic E-state index is 11.8. The number of nitrogens with one attached hydrogen (secondary N) is 2. The molecule has 1 amide bonds. The van der Waals surface area contributed by atoms with Gasteiger partial charge < -0.3 is 25.2 Å². The highest BCUT2D eigenvalue weighted by atomic mass is 16.5. The number of hydrogen-bond acceptors (Lipinski definition) is 4. The first-order chi connectivity index (χ1) is 14.6. The number of nitrogens with zero attached hydrogens (tertiary/aromatic N) is 3. The van der Waals surface area contributed by atoms with Crippen LogP contribution in [0.4, 0.5) is 10.5 Å². The number of carbonyl (C=O) groups excluding carboxylic acids is 1. The summed E-state index contributed by atoms with van der Waals surface area (Å²) in [6.07, 6.45) is 5.89. The minimum Gasteiger partial charge on any atom is -0.450 e. The molecule has 30 heavy (non-hydrogen) atoms. The molecule has 1 aliphatic carbocycles. The number of amides is 1. The maximum Gasteiger partial charge on any atom is 0.407 e. The van der Waals surface area contributed by atoms with Crippen molar-refractivity contribution in [2.24, 2.45) is 10.9 Å². The molecule has 2 N–H and O–H groups in total. The van der Waals surface area contributed by atoms with Crippen molar-refractivity contribution in [1.29, 1.82) is 0 Å². The van der Waals surface area contributed by atoms with Crippen LogP contribution in [-0.2, 0) is 11.3 Å². The molecule has 2 aliphatic rings. The van der Waals surface area contributed by atoms with E-state index in [9.17, 15) is 4.79 Å². The Morgan fingerprint density at radius 1 is 1.23 bits per heavy atom. The second kappa shape index (κ2) is 11.1. The van der Waals surface area contributed by atoms with Crippen LogP contribution >= 0.6 is 0 Å². The van der Waals surface area contributed by atoms with E-state index in [1.165, 1.54) is 30.5 Å². The fourth-order valence-corrected chi connectivity index (χ4v) is 4.06. The van der Waals surface area contributed by atoms with E-state index >= 15 is 0 Å². The van der Waals surface area contributed by atoms with Gasteiger partial charge in [0.1, 0.15) is 0 Å². The molecule has 1 aromatic carbocycles. The van der Waals surface area contributed by atoms with E-state index < -0.39 is 0 Å². The van der Waals surface area contributed by atoms with Gasteiger partial charge in [0.25, 0.3) is 0 Å². The molecule has 0 bridgehead atoms. The van der Waals surface area contributed by atoms with Gasteiger partial charge in [0.15, 0.2) is 5.96 Å². The molecule has 1 saturated carbocycles. The molecule has 1 atom stereocenters. The van der Waals surface area contributed by atoms with Crippen molar-refractivity contribution in [2.75, 3.05) is 45.2 Å². The van der Waals surface area contributed by atoms with Gasteiger partial charge in [-0.15, -0.1) is 0 Å². The lowest BCUT2D eigenvalue weighted by atomic mass is 10.1.